The molecule has 1 atom stereocenters. The molecule has 0 aliphatic carbocycles. The predicted octanol–water partition coefficient (Wildman–Crippen LogP) is 1.19. The van der Waals surface area contributed by atoms with Gasteiger partial charge in [0, 0.05) is 11.9 Å². The molecule has 0 saturated heterocycles. The predicted molar refractivity (Wildman–Crippen MR) is 57.7 cm³/mol. The highest BCUT2D eigenvalue weighted by Gasteiger charge is 2.05. The minimum Gasteiger partial charge on any atom is -0.329 e. The van der Waals surface area contributed by atoms with Crippen molar-refractivity contribution in [2.45, 2.75) is 6.04 Å². The summed E-state index contributed by atoms with van der Waals surface area (Å²) in [6.07, 6.45) is 0. The van der Waals surface area contributed by atoms with Crippen molar-refractivity contribution in [1.82, 2.24) is 4.98 Å². The first kappa shape index (κ1) is 9.12. The fourth-order valence-corrected chi connectivity index (χ4v) is 1.41. The van der Waals surface area contributed by atoms with Gasteiger partial charge in [-0.2, -0.15) is 0 Å². The number of nitrogens with zero attached hydrogens (tertiary/aromatic N) is 1. The molecule has 3 nitrogen and oxygen atoms in total. The number of benzene rings is 1. The van der Waals surface area contributed by atoms with Gasteiger partial charge in [0.05, 0.1) is 17.3 Å². The zero-order valence-electron chi connectivity index (χ0n) is 7.85. The van der Waals surface area contributed by atoms with Gasteiger partial charge in [0.15, 0.2) is 0 Å². The van der Waals surface area contributed by atoms with E-state index in [1.165, 1.54) is 0 Å². The highest BCUT2D eigenvalue weighted by molar-refractivity contribution is 5.78. The van der Waals surface area contributed by atoms with Crippen molar-refractivity contribution in [3.05, 3.63) is 42.1 Å². The topological polar surface area (TPSA) is 64.9 Å². The van der Waals surface area contributed by atoms with Gasteiger partial charge in [0.25, 0.3) is 0 Å². The molecule has 1 aromatic carbocycles. The number of hydrogen-bond acceptors (Lipinski definition) is 3. The highest BCUT2D eigenvalue weighted by atomic mass is 14.8. The Hall–Kier alpha value is -1.45. The van der Waals surface area contributed by atoms with E-state index in [2.05, 4.69) is 4.98 Å². The van der Waals surface area contributed by atoms with Crippen molar-refractivity contribution >= 4 is 10.9 Å². The first-order valence-corrected chi connectivity index (χ1v) is 4.62. The van der Waals surface area contributed by atoms with Crippen molar-refractivity contribution < 1.29 is 0 Å². The molecule has 72 valence electrons. The lowest BCUT2D eigenvalue weighted by molar-refractivity contribution is 0.715. The molecule has 0 aliphatic heterocycles. The smallest absolute Gasteiger partial charge is 0.0706 e. The fraction of sp³-hybridized carbons (Fsp3) is 0.182. The zero-order chi connectivity index (χ0) is 9.97. The summed E-state index contributed by atoms with van der Waals surface area (Å²) in [7, 11) is 0. The van der Waals surface area contributed by atoms with Crippen LogP contribution in [0.5, 0.6) is 0 Å². The number of pyridine rings is 1. The molecule has 14 heavy (non-hydrogen) atoms. The Labute approximate surface area is 82.7 Å². The molecule has 2 rings (SSSR count). The van der Waals surface area contributed by atoms with Gasteiger partial charge in [0.1, 0.15) is 0 Å². The van der Waals surface area contributed by atoms with Crippen molar-refractivity contribution in [2.75, 3.05) is 6.54 Å². The maximum absolute atomic E-state index is 5.80. The first-order chi connectivity index (χ1) is 6.81. The lowest BCUT2D eigenvalue weighted by atomic mass is 10.1. The van der Waals surface area contributed by atoms with E-state index in [9.17, 15) is 0 Å². The Morgan fingerprint density at radius 1 is 1.14 bits per heavy atom. The highest BCUT2D eigenvalue weighted by Crippen LogP contribution is 2.14. The summed E-state index contributed by atoms with van der Waals surface area (Å²) < 4.78 is 0. The molecule has 0 aliphatic rings. The normalized spacial score (nSPS) is 13.0. The molecule has 0 amide bonds. The zero-order valence-corrected chi connectivity index (χ0v) is 7.85. The maximum atomic E-state index is 5.80. The quantitative estimate of drug-likeness (QED) is 0.742. The second-order valence-corrected chi connectivity index (χ2v) is 3.27. The van der Waals surface area contributed by atoms with Gasteiger partial charge in [-0.3, -0.25) is 4.98 Å². The summed E-state index contributed by atoms with van der Waals surface area (Å²) in [5, 5.41) is 1.13. The minimum atomic E-state index is -0.167. The average Bonchev–Trinajstić information content (AvgIpc) is 2.27. The van der Waals surface area contributed by atoms with Crippen LogP contribution in [-0.4, -0.2) is 11.5 Å². The molecule has 2 aromatic rings. The number of rotatable bonds is 2. The lowest BCUT2D eigenvalue weighted by Gasteiger charge is -2.08. The van der Waals surface area contributed by atoms with E-state index < -0.39 is 0 Å². The summed E-state index contributed by atoms with van der Waals surface area (Å²) >= 11 is 0. The SMILES string of the molecule is NC[C@H](N)c1ccc2ccccc2n1. The van der Waals surface area contributed by atoms with Crippen molar-refractivity contribution in [2.24, 2.45) is 11.5 Å². The Morgan fingerprint density at radius 2 is 1.93 bits per heavy atom. The summed E-state index contributed by atoms with van der Waals surface area (Å²) in [4.78, 5) is 4.44. The van der Waals surface area contributed by atoms with E-state index in [0.717, 1.165) is 16.6 Å². The summed E-state index contributed by atoms with van der Waals surface area (Å²) in [6.45, 7) is 0.422. The Bertz CT molecular complexity index is 439. The van der Waals surface area contributed by atoms with Gasteiger partial charge >= 0.3 is 0 Å². The standard InChI is InChI=1S/C11H13N3/c12-7-9(13)11-6-5-8-3-1-2-4-10(8)14-11/h1-6,9H,7,12-13H2/t9-/m0/s1. The summed E-state index contributed by atoms with van der Waals surface area (Å²) in [5.41, 5.74) is 13.1. The maximum Gasteiger partial charge on any atom is 0.0706 e. The van der Waals surface area contributed by atoms with Gasteiger partial charge in [-0.05, 0) is 12.1 Å². The van der Waals surface area contributed by atoms with Crippen LogP contribution in [0.4, 0.5) is 0 Å². The largest absolute Gasteiger partial charge is 0.329 e. The van der Waals surface area contributed by atoms with Gasteiger partial charge in [-0.15, -0.1) is 0 Å². The minimum absolute atomic E-state index is 0.167. The summed E-state index contributed by atoms with van der Waals surface area (Å²) in [5.74, 6) is 0. The van der Waals surface area contributed by atoms with Crippen LogP contribution in [0.1, 0.15) is 11.7 Å². The third-order valence-corrected chi connectivity index (χ3v) is 2.25. The van der Waals surface area contributed by atoms with Gasteiger partial charge in [-0.25, -0.2) is 0 Å². The van der Waals surface area contributed by atoms with Gasteiger partial charge in [-0.1, -0.05) is 24.3 Å². The molecule has 0 unspecified atom stereocenters. The van der Waals surface area contributed by atoms with Crippen molar-refractivity contribution in [1.29, 1.82) is 0 Å². The van der Waals surface area contributed by atoms with Crippen LogP contribution in [0.25, 0.3) is 10.9 Å². The molecule has 0 spiro atoms. The van der Waals surface area contributed by atoms with Crippen LogP contribution in [0.2, 0.25) is 0 Å². The van der Waals surface area contributed by atoms with Crippen LogP contribution in [0.3, 0.4) is 0 Å². The van der Waals surface area contributed by atoms with Crippen LogP contribution in [0.15, 0.2) is 36.4 Å². The third kappa shape index (κ3) is 1.60. The molecule has 1 aromatic heterocycles. The Kier molecular flexibility index (Phi) is 2.43. The van der Waals surface area contributed by atoms with E-state index in [1.54, 1.807) is 0 Å². The fourth-order valence-electron chi connectivity index (χ4n) is 1.41. The first-order valence-electron chi connectivity index (χ1n) is 4.62. The molecular formula is C11H13N3. The molecule has 1 heterocycles. The number of aromatic nitrogens is 1. The molecular weight excluding hydrogens is 174 g/mol. The number of nitrogens with two attached hydrogens (primary N) is 2. The van der Waals surface area contributed by atoms with Gasteiger partial charge < -0.3 is 11.5 Å². The van der Waals surface area contributed by atoms with Crippen LogP contribution >= 0.6 is 0 Å². The lowest BCUT2D eigenvalue weighted by Crippen LogP contribution is -2.21. The molecule has 0 fully saturated rings. The van der Waals surface area contributed by atoms with Crippen molar-refractivity contribution in [3.63, 3.8) is 0 Å². The van der Waals surface area contributed by atoms with E-state index in [4.69, 9.17) is 11.5 Å². The number of para-hydroxylation sites is 1. The second kappa shape index (κ2) is 3.74. The number of fused-ring (bicyclic) bond motifs is 1. The Morgan fingerprint density at radius 3 is 2.71 bits per heavy atom. The van der Waals surface area contributed by atoms with Crippen LogP contribution < -0.4 is 11.5 Å². The molecule has 4 N–H and O–H groups in total. The van der Waals surface area contributed by atoms with Gasteiger partial charge in [0.2, 0.25) is 0 Å². The Balaban J connectivity index is 2.51. The molecule has 0 radical (unpaired) electrons. The average molecular weight is 187 g/mol. The van der Waals surface area contributed by atoms with E-state index >= 15 is 0 Å². The van der Waals surface area contributed by atoms with E-state index in [1.807, 2.05) is 36.4 Å². The van der Waals surface area contributed by atoms with Crippen LogP contribution in [0, 0.1) is 0 Å². The monoisotopic (exact) mass is 187 g/mol. The molecule has 0 saturated carbocycles. The number of hydrogen-bond donors (Lipinski definition) is 2. The second-order valence-electron chi connectivity index (χ2n) is 3.27. The van der Waals surface area contributed by atoms with E-state index in [0.29, 0.717) is 6.54 Å². The van der Waals surface area contributed by atoms with Crippen LogP contribution in [-0.2, 0) is 0 Å². The molecule has 0 bridgehead atoms. The third-order valence-electron chi connectivity index (χ3n) is 2.25. The summed E-state index contributed by atoms with van der Waals surface area (Å²) in [6, 6.07) is 11.7. The van der Waals surface area contributed by atoms with E-state index in [-0.39, 0.29) is 6.04 Å². The van der Waals surface area contributed by atoms with Crippen molar-refractivity contribution in [3.8, 4) is 0 Å². The molecule has 3 heteroatoms.